The molecule has 1 aliphatic rings. The van der Waals surface area contributed by atoms with Gasteiger partial charge in [0.2, 0.25) is 21.8 Å². The number of fused-ring (bicyclic) bond motifs is 1. The molecule has 182 valence electrons. The van der Waals surface area contributed by atoms with E-state index in [4.69, 9.17) is 16.3 Å². The number of anilines is 2. The van der Waals surface area contributed by atoms with Gasteiger partial charge >= 0.3 is 0 Å². The van der Waals surface area contributed by atoms with Crippen molar-refractivity contribution in [3.05, 3.63) is 82.9 Å². The van der Waals surface area contributed by atoms with Crippen LogP contribution in [0.1, 0.15) is 17.5 Å². The zero-order chi connectivity index (χ0) is 25.0. The molecule has 0 saturated heterocycles. The number of rotatable bonds is 8. The molecule has 1 heterocycles. The number of aryl methyl sites for hydroxylation is 1. The first-order valence-electron chi connectivity index (χ1n) is 10.9. The van der Waals surface area contributed by atoms with E-state index in [0.29, 0.717) is 28.6 Å². The van der Waals surface area contributed by atoms with Crippen molar-refractivity contribution in [2.24, 2.45) is 0 Å². The molecule has 3 aromatic carbocycles. The first-order valence-corrected chi connectivity index (χ1v) is 12.7. The first-order chi connectivity index (χ1) is 16.7. The third-order valence-electron chi connectivity index (χ3n) is 5.60. The fraction of sp³-hybridized carbons (Fsp3) is 0.200. The second kappa shape index (κ2) is 10.5. The molecular formula is C25H24ClN3O5S. The molecular weight excluding hydrogens is 490 g/mol. The van der Waals surface area contributed by atoms with Gasteiger partial charge in [0, 0.05) is 17.1 Å². The standard InChI is InChI=1S/C25H24ClN3O5S/c1-34-23-11-8-18(26)15-21(23)28-25(31)22(13-16-5-3-2-4-6-16)29-35(32,33)19-9-10-20-17(14-19)7-12-24(30)27-20/h2-6,8-11,14-15,22,29H,7,12-13H2,1H3,(H,27,30)(H,28,31)/t22-/m1/s1. The van der Waals surface area contributed by atoms with Gasteiger partial charge in [-0.25, -0.2) is 8.42 Å². The largest absolute Gasteiger partial charge is 0.495 e. The fourth-order valence-corrected chi connectivity index (χ4v) is 5.24. The Balaban J connectivity index is 1.62. The van der Waals surface area contributed by atoms with E-state index >= 15 is 0 Å². The molecule has 1 atom stereocenters. The normalized spacial score (nSPS) is 13.9. The summed E-state index contributed by atoms with van der Waals surface area (Å²) in [6, 6.07) is 17.2. The van der Waals surface area contributed by atoms with Gasteiger partial charge in [0.15, 0.2) is 0 Å². The summed E-state index contributed by atoms with van der Waals surface area (Å²) in [5.41, 5.74) is 2.42. The lowest BCUT2D eigenvalue weighted by molar-refractivity contribution is -0.118. The maximum absolute atomic E-state index is 13.3. The highest BCUT2D eigenvalue weighted by molar-refractivity contribution is 7.89. The van der Waals surface area contributed by atoms with E-state index in [9.17, 15) is 18.0 Å². The smallest absolute Gasteiger partial charge is 0.243 e. The Hall–Kier alpha value is -3.40. The van der Waals surface area contributed by atoms with Crippen LogP contribution in [0.5, 0.6) is 5.75 Å². The summed E-state index contributed by atoms with van der Waals surface area (Å²) in [6.45, 7) is 0. The number of nitrogens with one attached hydrogen (secondary N) is 3. The van der Waals surface area contributed by atoms with Crippen molar-refractivity contribution in [1.29, 1.82) is 0 Å². The van der Waals surface area contributed by atoms with Gasteiger partial charge in [0.1, 0.15) is 11.8 Å². The molecule has 0 saturated carbocycles. The Labute approximate surface area is 208 Å². The van der Waals surface area contributed by atoms with Crippen molar-refractivity contribution in [3.63, 3.8) is 0 Å². The van der Waals surface area contributed by atoms with Crippen LogP contribution in [-0.2, 0) is 32.5 Å². The predicted octanol–water partition coefficient (Wildman–Crippen LogP) is 3.76. The van der Waals surface area contributed by atoms with Crippen LogP contribution in [0.3, 0.4) is 0 Å². The summed E-state index contributed by atoms with van der Waals surface area (Å²) in [7, 11) is -2.61. The van der Waals surface area contributed by atoms with E-state index in [2.05, 4.69) is 15.4 Å². The minimum atomic E-state index is -4.07. The number of carbonyl (C=O) groups is 2. The summed E-state index contributed by atoms with van der Waals surface area (Å²) < 4.78 is 34.4. The molecule has 4 rings (SSSR count). The maximum Gasteiger partial charge on any atom is 0.243 e. The van der Waals surface area contributed by atoms with E-state index in [1.165, 1.54) is 25.3 Å². The number of carbonyl (C=O) groups excluding carboxylic acids is 2. The lowest BCUT2D eigenvalue weighted by Gasteiger charge is -2.21. The fourth-order valence-electron chi connectivity index (χ4n) is 3.82. The average molecular weight is 514 g/mol. The number of hydrogen-bond acceptors (Lipinski definition) is 5. The minimum Gasteiger partial charge on any atom is -0.495 e. The molecule has 0 unspecified atom stereocenters. The number of sulfonamides is 1. The van der Waals surface area contributed by atoms with Crippen molar-refractivity contribution in [1.82, 2.24) is 4.72 Å². The van der Waals surface area contributed by atoms with Gasteiger partial charge in [-0.1, -0.05) is 41.9 Å². The van der Waals surface area contributed by atoms with Gasteiger partial charge in [-0.15, -0.1) is 0 Å². The molecule has 3 aromatic rings. The second-order valence-corrected chi connectivity index (χ2v) is 10.2. The second-order valence-electron chi connectivity index (χ2n) is 8.06. The summed E-state index contributed by atoms with van der Waals surface area (Å²) in [5, 5.41) is 5.85. The summed E-state index contributed by atoms with van der Waals surface area (Å²) in [5.74, 6) is -0.286. The molecule has 0 bridgehead atoms. The summed E-state index contributed by atoms with van der Waals surface area (Å²) >= 11 is 6.08. The van der Waals surface area contributed by atoms with Crippen LogP contribution in [0.4, 0.5) is 11.4 Å². The number of hydrogen-bond donors (Lipinski definition) is 3. The summed E-state index contributed by atoms with van der Waals surface area (Å²) in [4.78, 5) is 24.9. The summed E-state index contributed by atoms with van der Waals surface area (Å²) in [6.07, 6.45) is 0.841. The number of benzene rings is 3. The molecule has 2 amide bonds. The quantitative estimate of drug-likeness (QED) is 0.424. The van der Waals surface area contributed by atoms with Crippen LogP contribution in [-0.4, -0.2) is 33.4 Å². The first kappa shape index (κ1) is 24.7. The third-order valence-corrected chi connectivity index (χ3v) is 7.30. The van der Waals surface area contributed by atoms with E-state index in [-0.39, 0.29) is 23.6 Å². The van der Waals surface area contributed by atoms with Gasteiger partial charge in [-0.2, -0.15) is 4.72 Å². The van der Waals surface area contributed by atoms with E-state index < -0.39 is 22.0 Å². The van der Waals surface area contributed by atoms with E-state index in [1.807, 2.05) is 30.3 Å². The zero-order valence-corrected chi connectivity index (χ0v) is 20.4. The van der Waals surface area contributed by atoms with Crippen LogP contribution in [0.15, 0.2) is 71.6 Å². The van der Waals surface area contributed by atoms with Crippen LogP contribution >= 0.6 is 11.6 Å². The molecule has 0 aliphatic carbocycles. The lowest BCUT2D eigenvalue weighted by Crippen LogP contribution is -2.45. The SMILES string of the molecule is COc1ccc(Cl)cc1NC(=O)[C@@H](Cc1ccccc1)NS(=O)(=O)c1ccc2c(c1)CCC(=O)N2. The molecule has 0 aromatic heterocycles. The van der Waals surface area contributed by atoms with Crippen LogP contribution in [0.2, 0.25) is 5.02 Å². The Morgan fingerprint density at radius 2 is 1.86 bits per heavy atom. The van der Waals surface area contributed by atoms with Crippen molar-refractivity contribution in [2.45, 2.75) is 30.2 Å². The molecule has 1 aliphatic heterocycles. The Bertz CT molecular complexity index is 1360. The minimum absolute atomic E-state index is 0.0126. The molecule has 0 fully saturated rings. The molecule has 3 N–H and O–H groups in total. The van der Waals surface area contributed by atoms with Gasteiger partial charge in [-0.05, 0) is 60.4 Å². The monoisotopic (exact) mass is 513 g/mol. The van der Waals surface area contributed by atoms with Gasteiger partial charge in [-0.3, -0.25) is 9.59 Å². The predicted molar refractivity (Wildman–Crippen MR) is 134 cm³/mol. The molecule has 0 spiro atoms. The molecule has 35 heavy (non-hydrogen) atoms. The molecule has 8 nitrogen and oxygen atoms in total. The van der Waals surface area contributed by atoms with E-state index in [1.54, 1.807) is 18.2 Å². The topological polar surface area (TPSA) is 114 Å². The van der Waals surface area contributed by atoms with Crippen molar-refractivity contribution in [3.8, 4) is 5.75 Å². The maximum atomic E-state index is 13.3. The van der Waals surface area contributed by atoms with Crippen LogP contribution < -0.4 is 20.1 Å². The molecule has 10 heteroatoms. The molecule has 0 radical (unpaired) electrons. The van der Waals surface area contributed by atoms with Gasteiger partial charge < -0.3 is 15.4 Å². The van der Waals surface area contributed by atoms with Crippen molar-refractivity contribution < 1.29 is 22.7 Å². The number of methoxy groups -OCH3 is 1. The lowest BCUT2D eigenvalue weighted by atomic mass is 10.0. The van der Waals surface area contributed by atoms with E-state index in [0.717, 1.165) is 11.1 Å². The highest BCUT2D eigenvalue weighted by Crippen LogP contribution is 2.29. The number of ether oxygens (including phenoxy) is 1. The Kier molecular flexibility index (Phi) is 7.39. The van der Waals surface area contributed by atoms with Gasteiger partial charge in [0.05, 0.1) is 17.7 Å². The van der Waals surface area contributed by atoms with Gasteiger partial charge in [0.25, 0.3) is 0 Å². The Morgan fingerprint density at radius 1 is 1.09 bits per heavy atom. The average Bonchev–Trinajstić information content (AvgIpc) is 2.84. The highest BCUT2D eigenvalue weighted by Gasteiger charge is 2.28. The van der Waals surface area contributed by atoms with Crippen molar-refractivity contribution in [2.75, 3.05) is 17.7 Å². The highest BCUT2D eigenvalue weighted by atomic mass is 35.5. The van der Waals surface area contributed by atoms with Crippen molar-refractivity contribution >= 4 is 44.8 Å². The third kappa shape index (κ3) is 6.00. The zero-order valence-electron chi connectivity index (χ0n) is 18.9. The number of halogens is 1. The Morgan fingerprint density at radius 3 is 2.60 bits per heavy atom. The number of amides is 2. The van der Waals surface area contributed by atoms with Crippen LogP contribution in [0, 0.1) is 0 Å². The van der Waals surface area contributed by atoms with Crippen LogP contribution in [0.25, 0.3) is 0 Å².